The molecule has 5 nitrogen and oxygen atoms in total. The Morgan fingerprint density at radius 2 is 2.18 bits per heavy atom. The molecule has 0 amide bonds. The molecule has 1 fully saturated rings. The molecule has 0 spiro atoms. The summed E-state index contributed by atoms with van der Waals surface area (Å²) in [5.41, 5.74) is 0.282. The molecule has 1 atom stereocenters. The van der Waals surface area contributed by atoms with E-state index < -0.39 is 21.4 Å². The van der Waals surface area contributed by atoms with Crippen molar-refractivity contribution >= 4 is 22.4 Å². The van der Waals surface area contributed by atoms with E-state index in [1.165, 1.54) is 12.1 Å². The van der Waals surface area contributed by atoms with Gasteiger partial charge in [0.1, 0.15) is 10.7 Å². The highest BCUT2D eigenvalue weighted by Crippen LogP contribution is 2.21. The summed E-state index contributed by atoms with van der Waals surface area (Å²) in [5.74, 6) is -0.742. The Balaban J connectivity index is 0.00000242. The average molecular weight is 353 g/mol. The van der Waals surface area contributed by atoms with E-state index in [1.807, 2.05) is 0 Å². The van der Waals surface area contributed by atoms with Crippen molar-refractivity contribution in [2.75, 3.05) is 26.8 Å². The number of halogens is 2. The third-order valence-corrected chi connectivity index (χ3v) is 5.15. The molecule has 1 saturated heterocycles. The van der Waals surface area contributed by atoms with E-state index in [0.717, 1.165) is 19.4 Å². The summed E-state index contributed by atoms with van der Waals surface area (Å²) in [6.45, 7) is 3.13. The van der Waals surface area contributed by atoms with Crippen molar-refractivity contribution in [1.29, 1.82) is 0 Å². The predicted octanol–water partition coefficient (Wildman–Crippen LogP) is 1.60. The quantitative estimate of drug-likeness (QED) is 0.816. The summed E-state index contributed by atoms with van der Waals surface area (Å²) in [5, 5.41) is 3.28. The molecular formula is C14H22ClFN2O3S. The van der Waals surface area contributed by atoms with Crippen molar-refractivity contribution in [3.05, 3.63) is 29.6 Å². The number of ether oxygens (including phenoxy) is 1. The van der Waals surface area contributed by atoms with Crippen molar-refractivity contribution in [2.45, 2.75) is 30.2 Å². The molecule has 1 aliphatic heterocycles. The topological polar surface area (TPSA) is 67.4 Å². The van der Waals surface area contributed by atoms with Gasteiger partial charge in [-0.05, 0) is 44.0 Å². The molecule has 1 aromatic rings. The summed E-state index contributed by atoms with van der Waals surface area (Å²) < 4.78 is 46.0. The second-order valence-corrected chi connectivity index (χ2v) is 7.24. The van der Waals surface area contributed by atoms with Crippen LogP contribution in [0.5, 0.6) is 0 Å². The lowest BCUT2D eigenvalue weighted by Crippen LogP contribution is -2.52. The molecule has 0 saturated carbocycles. The molecule has 2 rings (SSSR count). The summed E-state index contributed by atoms with van der Waals surface area (Å²) >= 11 is 0. The molecule has 1 aromatic carbocycles. The molecule has 0 radical (unpaired) electrons. The zero-order valence-electron chi connectivity index (χ0n) is 12.7. The molecule has 126 valence electrons. The van der Waals surface area contributed by atoms with Gasteiger partial charge in [-0.15, -0.1) is 12.4 Å². The van der Waals surface area contributed by atoms with Crippen LogP contribution >= 0.6 is 12.4 Å². The van der Waals surface area contributed by atoms with E-state index in [-0.39, 0.29) is 23.8 Å². The van der Waals surface area contributed by atoms with E-state index >= 15 is 0 Å². The van der Waals surface area contributed by atoms with E-state index in [1.54, 1.807) is 20.1 Å². The molecule has 2 N–H and O–H groups in total. The molecule has 1 heterocycles. The van der Waals surface area contributed by atoms with Gasteiger partial charge in [0.25, 0.3) is 0 Å². The number of sulfonamides is 1. The lowest BCUT2D eigenvalue weighted by molar-refractivity contribution is 0.122. The summed E-state index contributed by atoms with van der Waals surface area (Å²) in [6.07, 6.45) is 1.78. The van der Waals surface area contributed by atoms with E-state index in [2.05, 4.69) is 10.0 Å². The maximum atomic E-state index is 13.7. The first-order chi connectivity index (χ1) is 9.88. The number of nitrogens with one attached hydrogen (secondary N) is 2. The summed E-state index contributed by atoms with van der Waals surface area (Å²) in [7, 11) is -2.30. The van der Waals surface area contributed by atoms with Crippen molar-refractivity contribution in [2.24, 2.45) is 0 Å². The molecule has 8 heteroatoms. The Morgan fingerprint density at radius 1 is 1.45 bits per heavy atom. The number of hydrogen-bond acceptors (Lipinski definition) is 4. The number of aryl methyl sites for hydroxylation is 1. The van der Waals surface area contributed by atoms with Crippen LogP contribution in [-0.4, -0.2) is 40.8 Å². The smallest absolute Gasteiger partial charge is 0.243 e. The van der Waals surface area contributed by atoms with Gasteiger partial charge >= 0.3 is 0 Å². The number of methoxy groups -OCH3 is 1. The van der Waals surface area contributed by atoms with Gasteiger partial charge in [-0.2, -0.15) is 0 Å². The fraction of sp³-hybridized carbons (Fsp3) is 0.571. The zero-order chi connectivity index (χ0) is 15.5. The minimum Gasteiger partial charge on any atom is -0.383 e. The van der Waals surface area contributed by atoms with Crippen LogP contribution < -0.4 is 10.0 Å². The molecular weight excluding hydrogens is 331 g/mol. The van der Waals surface area contributed by atoms with E-state index in [9.17, 15) is 12.8 Å². The van der Waals surface area contributed by atoms with Crippen molar-refractivity contribution in [1.82, 2.24) is 10.0 Å². The van der Waals surface area contributed by atoms with Gasteiger partial charge in [0.05, 0.1) is 12.1 Å². The highest BCUT2D eigenvalue weighted by atomic mass is 35.5. The molecule has 0 bridgehead atoms. The maximum Gasteiger partial charge on any atom is 0.243 e. The Morgan fingerprint density at radius 3 is 2.77 bits per heavy atom. The van der Waals surface area contributed by atoms with Gasteiger partial charge in [0, 0.05) is 13.7 Å². The highest BCUT2D eigenvalue weighted by molar-refractivity contribution is 7.89. The van der Waals surface area contributed by atoms with Crippen molar-refractivity contribution in [3.8, 4) is 0 Å². The second kappa shape index (κ2) is 7.70. The molecule has 1 aliphatic rings. The van der Waals surface area contributed by atoms with Gasteiger partial charge in [-0.25, -0.2) is 17.5 Å². The van der Waals surface area contributed by atoms with Crippen LogP contribution in [0.3, 0.4) is 0 Å². The number of rotatable bonds is 6. The Bertz CT molecular complexity index is 604. The van der Waals surface area contributed by atoms with Crippen molar-refractivity contribution < 1.29 is 17.5 Å². The number of hydrogen-bond donors (Lipinski definition) is 2. The van der Waals surface area contributed by atoms with Gasteiger partial charge in [0.15, 0.2) is 0 Å². The second-order valence-electron chi connectivity index (χ2n) is 5.50. The fourth-order valence-corrected chi connectivity index (χ4v) is 3.89. The van der Waals surface area contributed by atoms with Crippen LogP contribution in [0.4, 0.5) is 4.39 Å². The number of benzene rings is 1. The van der Waals surface area contributed by atoms with Crippen LogP contribution in [0.15, 0.2) is 23.1 Å². The summed E-state index contributed by atoms with van der Waals surface area (Å²) in [4.78, 5) is -0.312. The third-order valence-electron chi connectivity index (χ3n) is 3.73. The van der Waals surface area contributed by atoms with Gasteiger partial charge in [0.2, 0.25) is 10.0 Å². The van der Waals surface area contributed by atoms with Crippen LogP contribution in [-0.2, 0) is 14.8 Å². The molecule has 1 unspecified atom stereocenters. The van der Waals surface area contributed by atoms with Crippen LogP contribution in [0, 0.1) is 12.7 Å². The fourth-order valence-electron chi connectivity index (χ4n) is 2.60. The largest absolute Gasteiger partial charge is 0.383 e. The lowest BCUT2D eigenvalue weighted by atomic mass is 9.99. The SMILES string of the molecule is COCC1(CNS(=O)(=O)c2cc(C)ccc2F)CCCN1.Cl. The van der Waals surface area contributed by atoms with E-state index in [4.69, 9.17) is 4.74 Å². The average Bonchev–Trinajstić information content (AvgIpc) is 2.89. The van der Waals surface area contributed by atoms with Crippen LogP contribution in [0.1, 0.15) is 18.4 Å². The standard InChI is InChI=1S/C14H21FN2O3S.ClH/c1-11-4-5-12(15)13(8-11)21(18,19)17-9-14(10-20-2)6-3-7-16-14;/h4-5,8,16-17H,3,6-7,9-10H2,1-2H3;1H. The van der Waals surface area contributed by atoms with Gasteiger partial charge in [-0.1, -0.05) is 6.07 Å². The van der Waals surface area contributed by atoms with Crippen LogP contribution in [0.2, 0.25) is 0 Å². The Hall–Kier alpha value is -0.730. The minimum absolute atomic E-state index is 0. The van der Waals surface area contributed by atoms with Gasteiger partial charge in [-0.3, -0.25) is 0 Å². The normalized spacial score (nSPS) is 21.6. The first-order valence-corrected chi connectivity index (χ1v) is 8.37. The van der Waals surface area contributed by atoms with Crippen molar-refractivity contribution in [3.63, 3.8) is 0 Å². The van der Waals surface area contributed by atoms with Crippen LogP contribution in [0.25, 0.3) is 0 Å². The third kappa shape index (κ3) is 4.39. The highest BCUT2D eigenvalue weighted by Gasteiger charge is 2.35. The van der Waals surface area contributed by atoms with Gasteiger partial charge < -0.3 is 10.1 Å². The molecule has 0 aromatic heterocycles. The minimum atomic E-state index is -3.88. The molecule has 22 heavy (non-hydrogen) atoms. The lowest BCUT2D eigenvalue weighted by Gasteiger charge is -2.28. The zero-order valence-corrected chi connectivity index (χ0v) is 14.3. The predicted molar refractivity (Wildman–Crippen MR) is 85.4 cm³/mol. The molecule has 0 aliphatic carbocycles. The maximum absolute atomic E-state index is 13.7. The van der Waals surface area contributed by atoms with E-state index in [0.29, 0.717) is 12.2 Å². The monoisotopic (exact) mass is 352 g/mol. The Labute approximate surface area is 137 Å². The summed E-state index contributed by atoms with van der Waals surface area (Å²) in [6, 6.07) is 4.05. The Kier molecular flexibility index (Phi) is 6.76. The first-order valence-electron chi connectivity index (χ1n) is 6.88. The first kappa shape index (κ1) is 19.3.